The highest BCUT2D eigenvalue weighted by molar-refractivity contribution is 5.92. The summed E-state index contributed by atoms with van der Waals surface area (Å²) >= 11 is 0. The molecule has 0 bridgehead atoms. The van der Waals surface area contributed by atoms with Gasteiger partial charge in [-0.05, 0) is 54.4 Å². The first kappa shape index (κ1) is 24.4. The molecular weight excluding hydrogens is 428 g/mol. The summed E-state index contributed by atoms with van der Waals surface area (Å²) < 4.78 is 11.6. The fourth-order valence-corrected chi connectivity index (χ4v) is 4.60. The Morgan fingerprint density at radius 2 is 1.68 bits per heavy atom. The van der Waals surface area contributed by atoms with Gasteiger partial charge >= 0.3 is 0 Å². The van der Waals surface area contributed by atoms with Crippen molar-refractivity contribution in [3.05, 3.63) is 48.0 Å². The van der Waals surface area contributed by atoms with E-state index in [9.17, 15) is 4.79 Å². The number of rotatable bonds is 8. The Balaban J connectivity index is 1.31. The van der Waals surface area contributed by atoms with Crippen molar-refractivity contribution in [1.82, 2.24) is 10.2 Å². The van der Waals surface area contributed by atoms with Crippen molar-refractivity contribution in [2.24, 2.45) is 5.92 Å². The molecule has 2 aliphatic rings. The van der Waals surface area contributed by atoms with E-state index >= 15 is 0 Å². The molecule has 1 saturated heterocycles. The highest BCUT2D eigenvalue weighted by Crippen LogP contribution is 2.34. The number of likely N-dealkylation sites (N-methyl/N-ethyl adjacent to an activating group) is 1. The lowest BCUT2D eigenvalue weighted by atomic mass is 9.95. The number of hydrogen-bond acceptors (Lipinski definition) is 6. The molecule has 2 aromatic rings. The van der Waals surface area contributed by atoms with E-state index in [0.717, 1.165) is 61.9 Å². The second kappa shape index (κ2) is 11.6. The Kier molecular flexibility index (Phi) is 8.29. The van der Waals surface area contributed by atoms with Crippen molar-refractivity contribution >= 4 is 17.3 Å². The van der Waals surface area contributed by atoms with Gasteiger partial charge in [0.1, 0.15) is 0 Å². The maximum absolute atomic E-state index is 12.7. The summed E-state index contributed by atoms with van der Waals surface area (Å²) in [5.74, 6) is 1.83. The van der Waals surface area contributed by atoms with Crippen LogP contribution in [0.1, 0.15) is 38.8 Å². The molecule has 34 heavy (non-hydrogen) atoms. The van der Waals surface area contributed by atoms with Gasteiger partial charge in [0.25, 0.3) is 0 Å². The van der Waals surface area contributed by atoms with Crippen molar-refractivity contribution in [2.75, 3.05) is 62.7 Å². The summed E-state index contributed by atoms with van der Waals surface area (Å²) in [6.45, 7) is 13.5. The zero-order valence-electron chi connectivity index (χ0n) is 20.7. The lowest BCUT2D eigenvalue weighted by molar-refractivity contribution is -0.115. The van der Waals surface area contributed by atoms with Crippen LogP contribution in [0, 0.1) is 5.92 Å². The van der Waals surface area contributed by atoms with Gasteiger partial charge in [0.15, 0.2) is 11.5 Å². The van der Waals surface area contributed by atoms with Gasteiger partial charge in [-0.15, -0.1) is 0 Å². The quantitative estimate of drug-likeness (QED) is 0.615. The lowest BCUT2D eigenvalue weighted by Gasteiger charge is -2.35. The van der Waals surface area contributed by atoms with Crippen molar-refractivity contribution < 1.29 is 14.3 Å². The molecule has 0 spiro atoms. The summed E-state index contributed by atoms with van der Waals surface area (Å²) in [7, 11) is 0. The van der Waals surface area contributed by atoms with Crippen LogP contribution in [0.2, 0.25) is 0 Å². The molecule has 184 valence electrons. The van der Waals surface area contributed by atoms with Gasteiger partial charge in [0, 0.05) is 50.0 Å². The third-order valence-electron chi connectivity index (χ3n) is 6.62. The van der Waals surface area contributed by atoms with E-state index < -0.39 is 0 Å². The molecule has 4 rings (SSSR count). The van der Waals surface area contributed by atoms with Gasteiger partial charge in [0.2, 0.25) is 5.91 Å². The van der Waals surface area contributed by atoms with Gasteiger partial charge in [-0.1, -0.05) is 26.8 Å². The lowest BCUT2D eigenvalue weighted by Crippen LogP contribution is -2.46. The SMILES string of the molecule is CCN1CCN(c2ccc(NC(=O)CN[C@@H](c3ccc4c(c3)OCCCO4)C(C)C)cc2)CC1. The van der Waals surface area contributed by atoms with Crippen LogP contribution in [0.5, 0.6) is 11.5 Å². The monoisotopic (exact) mass is 466 g/mol. The predicted octanol–water partition coefficient (Wildman–Crippen LogP) is 3.92. The number of carbonyl (C=O) groups excluding carboxylic acids is 1. The summed E-state index contributed by atoms with van der Waals surface area (Å²) in [5.41, 5.74) is 3.13. The van der Waals surface area contributed by atoms with Crippen LogP contribution >= 0.6 is 0 Å². The van der Waals surface area contributed by atoms with E-state index in [1.807, 2.05) is 24.3 Å². The van der Waals surface area contributed by atoms with Gasteiger partial charge in [-0.3, -0.25) is 4.79 Å². The zero-order chi connectivity index (χ0) is 23.9. The summed E-state index contributed by atoms with van der Waals surface area (Å²) in [6, 6.07) is 14.3. The normalized spacial score (nSPS) is 17.4. The molecule has 7 nitrogen and oxygen atoms in total. The number of nitrogens with one attached hydrogen (secondary N) is 2. The Labute approximate surface area is 203 Å². The van der Waals surface area contributed by atoms with Crippen LogP contribution in [-0.4, -0.2) is 63.3 Å². The first-order valence-electron chi connectivity index (χ1n) is 12.5. The smallest absolute Gasteiger partial charge is 0.238 e. The van der Waals surface area contributed by atoms with Gasteiger partial charge in [-0.2, -0.15) is 0 Å². The average molecular weight is 467 g/mol. The topological polar surface area (TPSA) is 66.1 Å². The minimum absolute atomic E-state index is 0.0343. The van der Waals surface area contributed by atoms with E-state index in [1.165, 1.54) is 5.69 Å². The standard InChI is InChI=1S/C27H38N4O3/c1-4-30-12-14-31(15-13-30)23-9-7-22(8-10-23)29-26(32)19-28-27(20(2)3)21-6-11-24-25(18-21)34-17-5-16-33-24/h6-11,18,20,27-28H,4-5,12-17,19H2,1-3H3,(H,29,32)/t27-/m1/s1. The summed E-state index contributed by atoms with van der Waals surface area (Å²) in [4.78, 5) is 17.5. The third kappa shape index (κ3) is 6.21. The number of anilines is 2. The maximum Gasteiger partial charge on any atom is 0.238 e. The van der Waals surface area contributed by atoms with Crippen LogP contribution in [0.15, 0.2) is 42.5 Å². The van der Waals surface area contributed by atoms with Gasteiger partial charge in [-0.25, -0.2) is 0 Å². The molecule has 0 saturated carbocycles. The second-order valence-electron chi connectivity index (χ2n) is 9.38. The third-order valence-corrected chi connectivity index (χ3v) is 6.62. The molecule has 1 fully saturated rings. The molecular formula is C27H38N4O3. The molecule has 7 heteroatoms. The molecule has 1 atom stereocenters. The van der Waals surface area contributed by atoms with E-state index in [2.05, 4.69) is 59.4 Å². The van der Waals surface area contributed by atoms with Crippen molar-refractivity contribution in [3.63, 3.8) is 0 Å². The summed E-state index contributed by atoms with van der Waals surface area (Å²) in [6.07, 6.45) is 0.881. The van der Waals surface area contributed by atoms with Crippen LogP contribution in [0.3, 0.4) is 0 Å². The Morgan fingerprint density at radius 3 is 2.35 bits per heavy atom. The molecule has 0 unspecified atom stereocenters. The number of ether oxygens (including phenoxy) is 2. The number of nitrogens with zero attached hydrogens (tertiary/aromatic N) is 2. The zero-order valence-corrected chi connectivity index (χ0v) is 20.7. The maximum atomic E-state index is 12.7. The highest BCUT2D eigenvalue weighted by atomic mass is 16.5. The molecule has 2 heterocycles. The van der Waals surface area contributed by atoms with E-state index in [4.69, 9.17) is 9.47 Å². The van der Waals surface area contributed by atoms with Gasteiger partial charge in [0.05, 0.1) is 19.8 Å². The Morgan fingerprint density at radius 1 is 0.971 bits per heavy atom. The van der Waals surface area contributed by atoms with E-state index in [1.54, 1.807) is 0 Å². The molecule has 0 aliphatic carbocycles. The minimum Gasteiger partial charge on any atom is -0.490 e. The largest absolute Gasteiger partial charge is 0.490 e. The number of amides is 1. The van der Waals surface area contributed by atoms with E-state index in [-0.39, 0.29) is 18.5 Å². The van der Waals surface area contributed by atoms with Crippen LogP contribution in [0.4, 0.5) is 11.4 Å². The molecule has 2 N–H and O–H groups in total. The van der Waals surface area contributed by atoms with E-state index in [0.29, 0.717) is 19.1 Å². The molecule has 0 aromatic heterocycles. The van der Waals surface area contributed by atoms with Gasteiger partial charge < -0.3 is 29.9 Å². The van der Waals surface area contributed by atoms with Crippen molar-refractivity contribution in [2.45, 2.75) is 33.2 Å². The van der Waals surface area contributed by atoms with Crippen LogP contribution in [0.25, 0.3) is 0 Å². The number of piperazine rings is 1. The number of benzene rings is 2. The number of carbonyl (C=O) groups is 1. The van der Waals surface area contributed by atoms with Crippen molar-refractivity contribution in [3.8, 4) is 11.5 Å². The number of fused-ring (bicyclic) bond motifs is 1. The fourth-order valence-electron chi connectivity index (χ4n) is 4.60. The highest BCUT2D eigenvalue weighted by Gasteiger charge is 2.20. The first-order chi connectivity index (χ1) is 16.5. The minimum atomic E-state index is -0.0516. The van der Waals surface area contributed by atoms with Crippen LogP contribution in [-0.2, 0) is 4.79 Å². The molecule has 2 aliphatic heterocycles. The Bertz CT molecular complexity index is 939. The fraction of sp³-hybridized carbons (Fsp3) is 0.519. The van der Waals surface area contributed by atoms with Crippen molar-refractivity contribution in [1.29, 1.82) is 0 Å². The summed E-state index contributed by atoms with van der Waals surface area (Å²) in [5, 5.41) is 6.45. The molecule has 1 amide bonds. The molecule has 2 aromatic carbocycles. The number of hydrogen-bond donors (Lipinski definition) is 2. The second-order valence-corrected chi connectivity index (χ2v) is 9.38. The average Bonchev–Trinajstić information content (AvgIpc) is 3.10. The van der Waals surface area contributed by atoms with Crippen LogP contribution < -0.4 is 25.0 Å². The Hall–Kier alpha value is -2.77. The first-order valence-corrected chi connectivity index (χ1v) is 12.5. The predicted molar refractivity (Wildman–Crippen MR) is 137 cm³/mol. The molecule has 0 radical (unpaired) electrons.